The summed E-state index contributed by atoms with van der Waals surface area (Å²) in [5.41, 5.74) is 5.49. The van der Waals surface area contributed by atoms with Crippen LogP contribution in [0, 0.1) is 6.92 Å². The predicted octanol–water partition coefficient (Wildman–Crippen LogP) is 5.30. The van der Waals surface area contributed by atoms with Gasteiger partial charge in [-0.15, -0.1) is 0 Å². The fourth-order valence-electron chi connectivity index (χ4n) is 3.34. The number of hydrogen-bond donors (Lipinski definition) is 1. The van der Waals surface area contributed by atoms with Gasteiger partial charge in [-0.05, 0) is 59.9 Å². The van der Waals surface area contributed by atoms with Crippen LogP contribution in [0.2, 0.25) is 0 Å². The van der Waals surface area contributed by atoms with E-state index in [1.807, 2.05) is 66.7 Å². The lowest BCUT2D eigenvalue weighted by Gasteiger charge is -2.15. The molecule has 1 aliphatic carbocycles. The summed E-state index contributed by atoms with van der Waals surface area (Å²) in [7, 11) is 0. The van der Waals surface area contributed by atoms with E-state index in [1.165, 1.54) is 5.56 Å². The standard InChI is InChI=1S/C24H22O3/c1-17-11-20-13-19(15-25)14-21(20)24(12-17)27-23-10-6-5-9-22(23)26-16-18-7-3-2-4-8-18/h2-12,14,25H,13,15-16H2,1H3. The largest absolute Gasteiger partial charge is 0.485 e. The molecule has 0 bridgehead atoms. The van der Waals surface area contributed by atoms with Crippen LogP contribution in [0.1, 0.15) is 22.3 Å². The summed E-state index contributed by atoms with van der Waals surface area (Å²) < 4.78 is 12.3. The van der Waals surface area contributed by atoms with Gasteiger partial charge in [0.15, 0.2) is 11.5 Å². The van der Waals surface area contributed by atoms with Crippen molar-refractivity contribution in [2.75, 3.05) is 6.61 Å². The van der Waals surface area contributed by atoms with Crippen molar-refractivity contribution in [1.29, 1.82) is 0 Å². The third-order valence-corrected chi connectivity index (χ3v) is 4.65. The van der Waals surface area contributed by atoms with Crippen molar-refractivity contribution in [3.8, 4) is 17.2 Å². The van der Waals surface area contributed by atoms with Gasteiger partial charge in [0, 0.05) is 5.56 Å². The zero-order valence-electron chi connectivity index (χ0n) is 15.3. The van der Waals surface area contributed by atoms with Crippen molar-refractivity contribution >= 4 is 6.08 Å². The molecule has 27 heavy (non-hydrogen) atoms. The first-order chi connectivity index (χ1) is 13.2. The number of benzene rings is 3. The summed E-state index contributed by atoms with van der Waals surface area (Å²) in [5.74, 6) is 2.19. The fourth-order valence-corrected chi connectivity index (χ4v) is 3.34. The molecule has 0 saturated carbocycles. The van der Waals surface area contributed by atoms with Crippen molar-refractivity contribution in [1.82, 2.24) is 0 Å². The molecule has 0 heterocycles. The maximum absolute atomic E-state index is 9.48. The van der Waals surface area contributed by atoms with Gasteiger partial charge in [0.2, 0.25) is 0 Å². The minimum absolute atomic E-state index is 0.0734. The quantitative estimate of drug-likeness (QED) is 0.650. The number of fused-ring (bicyclic) bond motifs is 1. The zero-order valence-corrected chi connectivity index (χ0v) is 15.3. The first-order valence-electron chi connectivity index (χ1n) is 9.10. The summed E-state index contributed by atoms with van der Waals surface area (Å²) in [6, 6.07) is 22.0. The number of hydrogen-bond acceptors (Lipinski definition) is 3. The number of rotatable bonds is 6. The molecule has 0 atom stereocenters. The van der Waals surface area contributed by atoms with Crippen LogP contribution in [0.15, 0.2) is 72.3 Å². The molecule has 0 aliphatic heterocycles. The lowest BCUT2D eigenvalue weighted by atomic mass is 10.1. The number of aliphatic hydroxyl groups excluding tert-OH is 1. The Hall–Kier alpha value is -3.04. The summed E-state index contributed by atoms with van der Waals surface area (Å²) in [6.45, 7) is 2.62. The molecule has 0 spiro atoms. The van der Waals surface area contributed by atoms with Crippen LogP contribution in [0.5, 0.6) is 17.2 Å². The Labute approximate surface area is 159 Å². The Morgan fingerprint density at radius 3 is 2.41 bits per heavy atom. The maximum Gasteiger partial charge on any atom is 0.169 e. The molecule has 0 fully saturated rings. The number of aliphatic hydroxyl groups is 1. The highest BCUT2D eigenvalue weighted by Crippen LogP contribution is 2.39. The van der Waals surface area contributed by atoms with Crippen LogP contribution in [0.4, 0.5) is 0 Å². The average Bonchev–Trinajstić information content (AvgIpc) is 3.11. The molecule has 1 N–H and O–H groups in total. The summed E-state index contributed by atoms with van der Waals surface area (Å²) in [4.78, 5) is 0. The van der Waals surface area contributed by atoms with Gasteiger partial charge in [0.05, 0.1) is 6.61 Å². The molecule has 0 amide bonds. The van der Waals surface area contributed by atoms with E-state index in [0.29, 0.717) is 18.1 Å². The van der Waals surface area contributed by atoms with Gasteiger partial charge in [0.25, 0.3) is 0 Å². The molecule has 3 nitrogen and oxygen atoms in total. The second-order valence-corrected chi connectivity index (χ2v) is 6.80. The van der Waals surface area contributed by atoms with Crippen molar-refractivity contribution in [3.05, 3.63) is 94.6 Å². The second-order valence-electron chi connectivity index (χ2n) is 6.80. The predicted molar refractivity (Wildman–Crippen MR) is 107 cm³/mol. The highest BCUT2D eigenvalue weighted by molar-refractivity contribution is 5.70. The van der Waals surface area contributed by atoms with Gasteiger partial charge < -0.3 is 14.6 Å². The summed E-state index contributed by atoms with van der Waals surface area (Å²) >= 11 is 0. The molecule has 0 aromatic heterocycles. The minimum Gasteiger partial charge on any atom is -0.485 e. The Kier molecular flexibility index (Phi) is 4.95. The second kappa shape index (κ2) is 7.68. The molecular weight excluding hydrogens is 336 g/mol. The third-order valence-electron chi connectivity index (χ3n) is 4.65. The lowest BCUT2D eigenvalue weighted by Crippen LogP contribution is -1.98. The van der Waals surface area contributed by atoms with Crippen LogP contribution in [0.25, 0.3) is 6.08 Å². The van der Waals surface area contributed by atoms with E-state index in [9.17, 15) is 5.11 Å². The third kappa shape index (κ3) is 3.88. The number of para-hydroxylation sites is 2. The van der Waals surface area contributed by atoms with Crippen LogP contribution in [-0.4, -0.2) is 11.7 Å². The van der Waals surface area contributed by atoms with Crippen LogP contribution >= 0.6 is 0 Å². The van der Waals surface area contributed by atoms with Crippen LogP contribution < -0.4 is 9.47 Å². The van der Waals surface area contributed by atoms with Crippen LogP contribution in [0.3, 0.4) is 0 Å². The zero-order chi connectivity index (χ0) is 18.6. The van der Waals surface area contributed by atoms with Crippen molar-refractivity contribution < 1.29 is 14.6 Å². The lowest BCUT2D eigenvalue weighted by molar-refractivity contribution is 0.291. The van der Waals surface area contributed by atoms with Crippen LogP contribution in [-0.2, 0) is 13.0 Å². The molecule has 3 aromatic rings. The van der Waals surface area contributed by atoms with Gasteiger partial charge in [-0.1, -0.05) is 48.5 Å². The molecule has 0 radical (unpaired) electrons. The van der Waals surface area contributed by atoms with Crippen molar-refractivity contribution in [2.24, 2.45) is 0 Å². The SMILES string of the molecule is Cc1cc2c(c(Oc3ccccc3OCc3ccccc3)c1)C=C(CO)C2. The fraction of sp³-hybridized carbons (Fsp3) is 0.167. The summed E-state index contributed by atoms with van der Waals surface area (Å²) in [6.07, 6.45) is 2.80. The van der Waals surface area contributed by atoms with Gasteiger partial charge in [0.1, 0.15) is 12.4 Å². The topological polar surface area (TPSA) is 38.7 Å². The van der Waals surface area contributed by atoms with Gasteiger partial charge in [-0.2, -0.15) is 0 Å². The van der Waals surface area contributed by atoms with Crippen molar-refractivity contribution in [3.63, 3.8) is 0 Å². The Morgan fingerprint density at radius 1 is 0.889 bits per heavy atom. The highest BCUT2D eigenvalue weighted by atomic mass is 16.5. The number of aryl methyl sites for hydroxylation is 1. The Bertz CT molecular complexity index is 974. The van der Waals surface area contributed by atoms with E-state index in [4.69, 9.17) is 9.47 Å². The summed E-state index contributed by atoms with van der Waals surface area (Å²) in [5, 5.41) is 9.48. The Balaban J connectivity index is 1.60. The average molecular weight is 358 g/mol. The van der Waals surface area contributed by atoms with Crippen molar-refractivity contribution in [2.45, 2.75) is 20.0 Å². The molecule has 136 valence electrons. The highest BCUT2D eigenvalue weighted by Gasteiger charge is 2.18. The molecule has 0 saturated heterocycles. The molecule has 3 heteroatoms. The monoisotopic (exact) mass is 358 g/mol. The Morgan fingerprint density at radius 2 is 1.63 bits per heavy atom. The van der Waals surface area contributed by atoms with E-state index >= 15 is 0 Å². The first-order valence-corrected chi connectivity index (χ1v) is 9.10. The first kappa shape index (κ1) is 17.4. The van der Waals surface area contributed by atoms with Gasteiger partial charge in [-0.3, -0.25) is 0 Å². The normalized spacial score (nSPS) is 12.4. The number of ether oxygens (including phenoxy) is 2. The maximum atomic E-state index is 9.48. The van der Waals surface area contributed by atoms with E-state index in [2.05, 4.69) is 13.0 Å². The molecule has 0 unspecified atom stereocenters. The van der Waals surface area contributed by atoms with E-state index in [1.54, 1.807) is 0 Å². The van der Waals surface area contributed by atoms with E-state index < -0.39 is 0 Å². The van der Waals surface area contributed by atoms with Gasteiger partial charge >= 0.3 is 0 Å². The molecular formula is C24H22O3. The van der Waals surface area contributed by atoms with E-state index in [-0.39, 0.29) is 6.61 Å². The molecule has 3 aromatic carbocycles. The van der Waals surface area contributed by atoms with Gasteiger partial charge in [-0.25, -0.2) is 0 Å². The van der Waals surface area contributed by atoms with E-state index in [0.717, 1.165) is 34.4 Å². The molecule has 1 aliphatic rings. The molecule has 4 rings (SSSR count). The minimum atomic E-state index is 0.0734. The smallest absolute Gasteiger partial charge is 0.169 e.